The Kier molecular flexibility index (Phi) is 12.6. The van der Waals surface area contributed by atoms with Crippen LogP contribution < -0.4 is 27.4 Å². The number of carboxylic acid groups (broad SMARTS) is 2. The highest BCUT2D eigenvalue weighted by Gasteiger charge is 2.30. The Morgan fingerprint density at radius 1 is 0.897 bits per heavy atom. The molecule has 0 radical (unpaired) electrons. The van der Waals surface area contributed by atoms with Gasteiger partial charge in [-0.15, -0.1) is 0 Å². The van der Waals surface area contributed by atoms with Gasteiger partial charge in [0, 0.05) is 5.75 Å². The van der Waals surface area contributed by atoms with Gasteiger partial charge in [-0.05, 0) is 32.7 Å². The van der Waals surface area contributed by atoms with E-state index >= 15 is 0 Å². The molecule has 0 aliphatic carbocycles. The molecule has 0 fully saturated rings. The van der Waals surface area contributed by atoms with E-state index < -0.39 is 60.2 Å². The molecular weight excluding hydrogens is 406 g/mol. The molecule has 166 valence electrons. The third-order valence-corrected chi connectivity index (χ3v) is 4.17. The smallest absolute Gasteiger partial charge is 0.326 e. The van der Waals surface area contributed by atoms with Gasteiger partial charge in [0.15, 0.2) is 0 Å². The fraction of sp³-hybridized carbons (Fsp3) is 0.688. The van der Waals surface area contributed by atoms with Gasteiger partial charge in [-0.25, -0.2) is 4.79 Å². The molecular formula is C16H29N5O7S. The number of amides is 3. The van der Waals surface area contributed by atoms with Gasteiger partial charge in [0.1, 0.15) is 18.1 Å². The number of hydrogen-bond acceptors (Lipinski definition) is 8. The zero-order valence-electron chi connectivity index (χ0n) is 16.1. The summed E-state index contributed by atoms with van der Waals surface area (Å²) in [6.45, 7) is 1.74. The standard InChI is InChI=1S/C16H29N5O7S/c1-8(18)13(24)20-10(6-12(22)23)14(25)21-11(7-29)15(26)19-9(16(27)28)4-2-3-5-17/h8-11,29H,2-7,17-18H2,1H3,(H,19,26)(H,20,24)(H,21,25)(H,22,23)(H,27,28). The summed E-state index contributed by atoms with van der Waals surface area (Å²) >= 11 is 3.97. The van der Waals surface area contributed by atoms with Crippen molar-refractivity contribution >= 4 is 42.3 Å². The lowest BCUT2D eigenvalue weighted by atomic mass is 10.1. The Morgan fingerprint density at radius 3 is 1.86 bits per heavy atom. The Hall–Kier alpha value is -2.38. The summed E-state index contributed by atoms with van der Waals surface area (Å²) in [5.41, 5.74) is 10.8. The van der Waals surface area contributed by atoms with Gasteiger partial charge in [-0.3, -0.25) is 19.2 Å². The zero-order valence-corrected chi connectivity index (χ0v) is 17.0. The second-order valence-corrected chi connectivity index (χ2v) is 6.74. The van der Waals surface area contributed by atoms with Gasteiger partial charge in [0.05, 0.1) is 12.5 Å². The van der Waals surface area contributed by atoms with E-state index in [0.717, 1.165) is 0 Å². The molecule has 0 aromatic rings. The molecule has 29 heavy (non-hydrogen) atoms. The topological polar surface area (TPSA) is 214 Å². The third-order valence-electron chi connectivity index (χ3n) is 3.80. The predicted octanol–water partition coefficient (Wildman–Crippen LogP) is -2.59. The van der Waals surface area contributed by atoms with E-state index in [4.69, 9.17) is 16.6 Å². The fourth-order valence-corrected chi connectivity index (χ4v) is 2.43. The first-order valence-corrected chi connectivity index (χ1v) is 9.58. The van der Waals surface area contributed by atoms with Crippen molar-refractivity contribution in [3.05, 3.63) is 0 Å². The molecule has 0 bridgehead atoms. The summed E-state index contributed by atoms with van der Waals surface area (Å²) in [5.74, 6) is -5.27. The fourth-order valence-electron chi connectivity index (χ4n) is 2.18. The number of nitrogens with one attached hydrogen (secondary N) is 3. The molecule has 0 rings (SSSR count). The number of nitrogens with two attached hydrogens (primary N) is 2. The molecule has 0 saturated carbocycles. The first-order valence-electron chi connectivity index (χ1n) is 8.95. The Balaban J connectivity index is 5.09. The third kappa shape index (κ3) is 10.7. The van der Waals surface area contributed by atoms with E-state index in [2.05, 4.69) is 28.6 Å². The number of aliphatic carboxylic acids is 2. The summed E-state index contributed by atoms with van der Waals surface area (Å²) < 4.78 is 0. The SMILES string of the molecule is CC(N)C(=O)NC(CC(=O)O)C(=O)NC(CS)C(=O)NC(CCCCN)C(=O)O. The van der Waals surface area contributed by atoms with Crippen molar-refractivity contribution in [1.82, 2.24) is 16.0 Å². The van der Waals surface area contributed by atoms with Crippen molar-refractivity contribution in [2.75, 3.05) is 12.3 Å². The van der Waals surface area contributed by atoms with Gasteiger partial charge in [0.25, 0.3) is 0 Å². The van der Waals surface area contributed by atoms with Crippen LogP contribution in [0.2, 0.25) is 0 Å². The molecule has 12 nitrogen and oxygen atoms in total. The van der Waals surface area contributed by atoms with Crippen LogP contribution >= 0.6 is 12.6 Å². The maximum atomic E-state index is 12.4. The average Bonchev–Trinajstić information content (AvgIpc) is 2.63. The van der Waals surface area contributed by atoms with Gasteiger partial charge >= 0.3 is 11.9 Å². The zero-order chi connectivity index (χ0) is 22.6. The van der Waals surface area contributed by atoms with Gasteiger partial charge in [-0.2, -0.15) is 12.6 Å². The lowest BCUT2D eigenvalue weighted by Gasteiger charge is -2.23. The molecule has 3 amide bonds. The second kappa shape index (κ2) is 13.7. The van der Waals surface area contributed by atoms with Crippen LogP contribution in [0.1, 0.15) is 32.6 Å². The average molecular weight is 436 g/mol. The molecule has 0 aliphatic heterocycles. The number of carboxylic acids is 2. The Bertz CT molecular complexity index is 602. The van der Waals surface area contributed by atoms with Crippen molar-refractivity contribution in [1.29, 1.82) is 0 Å². The number of unbranched alkanes of at least 4 members (excludes halogenated alkanes) is 1. The van der Waals surface area contributed by atoms with Crippen LogP contribution in [0, 0.1) is 0 Å². The van der Waals surface area contributed by atoms with Crippen LogP contribution in [-0.4, -0.2) is 76.3 Å². The number of carbonyl (C=O) groups is 5. The quantitative estimate of drug-likeness (QED) is 0.106. The van der Waals surface area contributed by atoms with E-state index in [1.807, 2.05) is 0 Å². The minimum Gasteiger partial charge on any atom is -0.481 e. The molecule has 0 aromatic heterocycles. The van der Waals surface area contributed by atoms with E-state index in [1.165, 1.54) is 6.92 Å². The van der Waals surface area contributed by atoms with E-state index in [-0.39, 0.29) is 12.2 Å². The second-order valence-electron chi connectivity index (χ2n) is 6.38. The van der Waals surface area contributed by atoms with Gasteiger partial charge in [0.2, 0.25) is 17.7 Å². The number of carbonyl (C=O) groups excluding carboxylic acids is 3. The van der Waals surface area contributed by atoms with Crippen molar-refractivity contribution in [3.8, 4) is 0 Å². The molecule has 13 heteroatoms. The monoisotopic (exact) mass is 435 g/mol. The largest absolute Gasteiger partial charge is 0.481 e. The lowest BCUT2D eigenvalue weighted by molar-refractivity contribution is -0.143. The van der Waals surface area contributed by atoms with Crippen LogP contribution in [0.25, 0.3) is 0 Å². The molecule has 0 aromatic carbocycles. The Morgan fingerprint density at radius 2 is 1.41 bits per heavy atom. The summed E-state index contributed by atoms with van der Waals surface area (Å²) in [4.78, 5) is 58.7. The highest BCUT2D eigenvalue weighted by Crippen LogP contribution is 2.03. The van der Waals surface area contributed by atoms with Crippen molar-refractivity contribution < 1.29 is 34.2 Å². The van der Waals surface area contributed by atoms with E-state index in [1.54, 1.807) is 0 Å². The first kappa shape index (κ1) is 26.6. The number of hydrogen-bond donors (Lipinski definition) is 8. The van der Waals surface area contributed by atoms with E-state index in [9.17, 15) is 29.1 Å². The van der Waals surface area contributed by atoms with Crippen molar-refractivity contribution in [3.63, 3.8) is 0 Å². The van der Waals surface area contributed by atoms with Crippen LogP contribution in [0.4, 0.5) is 0 Å². The predicted molar refractivity (Wildman–Crippen MR) is 106 cm³/mol. The summed E-state index contributed by atoms with van der Waals surface area (Å²) in [6, 6.07) is -4.87. The minimum atomic E-state index is -1.47. The molecule has 0 heterocycles. The molecule has 0 aliphatic rings. The van der Waals surface area contributed by atoms with Crippen LogP contribution in [0.5, 0.6) is 0 Å². The maximum Gasteiger partial charge on any atom is 0.326 e. The van der Waals surface area contributed by atoms with Gasteiger partial charge in [-0.1, -0.05) is 0 Å². The molecule has 4 unspecified atom stereocenters. The summed E-state index contributed by atoms with van der Waals surface area (Å²) in [6.07, 6.45) is 0.484. The van der Waals surface area contributed by atoms with E-state index in [0.29, 0.717) is 19.4 Å². The van der Waals surface area contributed by atoms with Crippen LogP contribution in [0.3, 0.4) is 0 Å². The Labute approximate surface area is 173 Å². The molecule has 4 atom stereocenters. The van der Waals surface area contributed by atoms with Gasteiger partial charge < -0.3 is 37.6 Å². The minimum absolute atomic E-state index is 0.150. The number of rotatable bonds is 14. The van der Waals surface area contributed by atoms with Crippen LogP contribution in [-0.2, 0) is 24.0 Å². The lowest BCUT2D eigenvalue weighted by Crippen LogP contribution is -2.57. The first-order chi connectivity index (χ1) is 13.5. The molecule has 9 N–H and O–H groups in total. The molecule has 0 spiro atoms. The van der Waals surface area contributed by atoms with Crippen molar-refractivity contribution in [2.24, 2.45) is 11.5 Å². The van der Waals surface area contributed by atoms with Crippen molar-refractivity contribution in [2.45, 2.75) is 56.8 Å². The summed E-state index contributed by atoms with van der Waals surface area (Å²) in [7, 11) is 0. The normalized spacial score (nSPS) is 14.8. The number of thiol groups is 1. The maximum absolute atomic E-state index is 12.4. The summed E-state index contributed by atoms with van der Waals surface area (Å²) in [5, 5.41) is 24.9. The van der Waals surface area contributed by atoms with Crippen LogP contribution in [0.15, 0.2) is 0 Å². The molecule has 0 saturated heterocycles. The highest BCUT2D eigenvalue weighted by atomic mass is 32.1. The highest BCUT2D eigenvalue weighted by molar-refractivity contribution is 7.80.